The van der Waals surface area contributed by atoms with E-state index in [1.807, 2.05) is 13.0 Å². The molecule has 1 aromatic carbocycles. The van der Waals surface area contributed by atoms with Crippen LogP contribution in [0.5, 0.6) is 0 Å². The van der Waals surface area contributed by atoms with E-state index in [4.69, 9.17) is 14.7 Å². The number of carbonyl (C=O) groups excluding carboxylic acids is 1. The molecule has 1 aliphatic heterocycles. The molecule has 0 amide bonds. The molecule has 2 heterocycles. The largest absolute Gasteiger partial charge is 0.469 e. The highest BCUT2D eigenvalue weighted by molar-refractivity contribution is 5.76. The SMILES string of the molecule is COC(=O)CC(C)c1ccc(N(CC(C)C)C2CCOCC2)c(Nc2ccc(C#N)cn2)c1. The minimum atomic E-state index is -0.224. The van der Waals surface area contributed by atoms with Crippen LogP contribution in [0.3, 0.4) is 0 Å². The lowest BCUT2D eigenvalue weighted by Crippen LogP contribution is -2.42. The Morgan fingerprint density at radius 1 is 1.27 bits per heavy atom. The predicted octanol–water partition coefficient (Wildman–Crippen LogP) is 5.00. The van der Waals surface area contributed by atoms with Gasteiger partial charge in [-0.15, -0.1) is 0 Å². The molecule has 1 aliphatic rings. The Balaban J connectivity index is 1.99. The van der Waals surface area contributed by atoms with Crippen LogP contribution in [0.1, 0.15) is 57.1 Å². The first-order valence-electron chi connectivity index (χ1n) is 11.6. The number of carbonyl (C=O) groups is 1. The van der Waals surface area contributed by atoms with Crippen molar-refractivity contribution >= 4 is 23.2 Å². The summed E-state index contributed by atoms with van der Waals surface area (Å²) in [5.41, 5.74) is 3.62. The van der Waals surface area contributed by atoms with E-state index in [2.05, 4.69) is 53.3 Å². The molecule has 1 N–H and O–H groups in total. The number of nitrogens with zero attached hydrogens (tertiary/aromatic N) is 3. The molecule has 33 heavy (non-hydrogen) atoms. The van der Waals surface area contributed by atoms with Crippen molar-refractivity contribution in [3.8, 4) is 6.07 Å². The van der Waals surface area contributed by atoms with Gasteiger partial charge in [-0.05, 0) is 54.5 Å². The number of hydrogen-bond acceptors (Lipinski definition) is 7. The van der Waals surface area contributed by atoms with Crippen LogP contribution < -0.4 is 10.2 Å². The van der Waals surface area contributed by atoms with Gasteiger partial charge in [-0.3, -0.25) is 4.79 Å². The van der Waals surface area contributed by atoms with E-state index in [-0.39, 0.29) is 11.9 Å². The van der Waals surface area contributed by atoms with Gasteiger partial charge >= 0.3 is 5.97 Å². The molecule has 0 aliphatic carbocycles. The second kappa shape index (κ2) is 11.7. The molecule has 3 rings (SSSR count). The standard InChI is InChI=1S/C26H34N4O3/c1-18(2)17-30(22-9-11-33-12-10-22)24-7-6-21(19(3)13-26(31)32-4)14-23(24)29-25-8-5-20(15-27)16-28-25/h5-8,14,16,18-19,22H,9-13,17H2,1-4H3,(H,28,29). The topological polar surface area (TPSA) is 87.5 Å². The van der Waals surface area contributed by atoms with E-state index in [9.17, 15) is 4.79 Å². The Morgan fingerprint density at radius 2 is 2.03 bits per heavy atom. The van der Waals surface area contributed by atoms with Crippen molar-refractivity contribution in [2.75, 3.05) is 37.1 Å². The van der Waals surface area contributed by atoms with Gasteiger partial charge in [0.25, 0.3) is 0 Å². The number of nitrogens with one attached hydrogen (secondary N) is 1. The molecule has 0 radical (unpaired) electrons. The molecule has 1 unspecified atom stereocenters. The minimum absolute atomic E-state index is 0.0163. The van der Waals surface area contributed by atoms with Crippen LogP contribution in [0, 0.1) is 17.2 Å². The maximum absolute atomic E-state index is 11.8. The van der Waals surface area contributed by atoms with Crippen molar-refractivity contribution < 1.29 is 14.3 Å². The van der Waals surface area contributed by atoms with Crippen LogP contribution in [0.15, 0.2) is 36.5 Å². The summed E-state index contributed by atoms with van der Waals surface area (Å²) in [5.74, 6) is 0.956. The first-order chi connectivity index (χ1) is 15.9. The molecule has 7 nitrogen and oxygen atoms in total. The second-order valence-electron chi connectivity index (χ2n) is 9.02. The van der Waals surface area contributed by atoms with Gasteiger partial charge in [0.05, 0.1) is 30.5 Å². The molecule has 1 aromatic heterocycles. The number of rotatable bonds is 9. The lowest BCUT2D eigenvalue weighted by molar-refractivity contribution is -0.140. The number of aromatic nitrogens is 1. The van der Waals surface area contributed by atoms with E-state index < -0.39 is 0 Å². The summed E-state index contributed by atoms with van der Waals surface area (Å²) in [6, 6.07) is 12.4. The zero-order valence-corrected chi connectivity index (χ0v) is 20.0. The molecule has 0 saturated carbocycles. The Bertz CT molecular complexity index is 962. The quantitative estimate of drug-likeness (QED) is 0.538. The first kappa shape index (κ1) is 24.5. The smallest absolute Gasteiger partial charge is 0.306 e. The summed E-state index contributed by atoms with van der Waals surface area (Å²) >= 11 is 0. The lowest BCUT2D eigenvalue weighted by atomic mass is 9.95. The molecule has 176 valence electrons. The zero-order chi connectivity index (χ0) is 23.8. The van der Waals surface area contributed by atoms with Crippen LogP contribution in [-0.2, 0) is 14.3 Å². The molecular formula is C26H34N4O3. The van der Waals surface area contributed by atoms with Gasteiger partial charge in [0.15, 0.2) is 0 Å². The van der Waals surface area contributed by atoms with Gasteiger partial charge in [0, 0.05) is 32.0 Å². The Kier molecular flexibility index (Phi) is 8.67. The summed E-state index contributed by atoms with van der Waals surface area (Å²) in [6.07, 6.45) is 3.86. The van der Waals surface area contributed by atoms with Gasteiger partial charge in [-0.2, -0.15) is 5.26 Å². The van der Waals surface area contributed by atoms with Gasteiger partial charge in [-0.25, -0.2) is 4.98 Å². The highest BCUT2D eigenvalue weighted by Gasteiger charge is 2.25. The highest BCUT2D eigenvalue weighted by Crippen LogP contribution is 2.36. The fourth-order valence-electron chi connectivity index (χ4n) is 4.17. The van der Waals surface area contributed by atoms with E-state index in [0.717, 1.165) is 49.5 Å². The third-order valence-electron chi connectivity index (χ3n) is 5.95. The van der Waals surface area contributed by atoms with E-state index in [0.29, 0.717) is 29.8 Å². The van der Waals surface area contributed by atoms with Crippen molar-refractivity contribution in [2.24, 2.45) is 5.92 Å². The Hall–Kier alpha value is -3.11. The third kappa shape index (κ3) is 6.69. The number of ether oxygens (including phenoxy) is 2. The monoisotopic (exact) mass is 450 g/mol. The minimum Gasteiger partial charge on any atom is -0.469 e. The Morgan fingerprint density at radius 3 is 2.64 bits per heavy atom. The van der Waals surface area contributed by atoms with Crippen molar-refractivity contribution in [1.29, 1.82) is 5.26 Å². The normalized spacial score (nSPS) is 15.0. The number of anilines is 3. The van der Waals surface area contributed by atoms with E-state index >= 15 is 0 Å². The van der Waals surface area contributed by atoms with Crippen molar-refractivity contribution in [3.05, 3.63) is 47.7 Å². The van der Waals surface area contributed by atoms with Crippen molar-refractivity contribution in [1.82, 2.24) is 4.98 Å². The number of esters is 1. The van der Waals surface area contributed by atoms with Crippen LogP contribution in [0.25, 0.3) is 0 Å². The highest BCUT2D eigenvalue weighted by atomic mass is 16.5. The number of benzene rings is 1. The maximum atomic E-state index is 11.8. The first-order valence-corrected chi connectivity index (χ1v) is 11.6. The fourth-order valence-corrected chi connectivity index (χ4v) is 4.17. The molecule has 2 aromatic rings. The van der Waals surface area contributed by atoms with Crippen LogP contribution in [0.2, 0.25) is 0 Å². The van der Waals surface area contributed by atoms with Crippen LogP contribution >= 0.6 is 0 Å². The number of pyridine rings is 1. The molecule has 7 heteroatoms. The molecular weight excluding hydrogens is 416 g/mol. The third-order valence-corrected chi connectivity index (χ3v) is 5.95. The summed E-state index contributed by atoms with van der Waals surface area (Å²) in [7, 11) is 1.42. The molecule has 1 atom stereocenters. The molecule has 1 fully saturated rings. The molecule has 1 saturated heterocycles. The average Bonchev–Trinajstić information content (AvgIpc) is 2.83. The lowest BCUT2D eigenvalue weighted by Gasteiger charge is -2.38. The predicted molar refractivity (Wildman–Crippen MR) is 130 cm³/mol. The van der Waals surface area contributed by atoms with Crippen molar-refractivity contribution in [3.63, 3.8) is 0 Å². The summed E-state index contributed by atoms with van der Waals surface area (Å²) in [4.78, 5) is 18.7. The summed E-state index contributed by atoms with van der Waals surface area (Å²) in [6.45, 7) is 8.96. The molecule has 0 bridgehead atoms. The van der Waals surface area contributed by atoms with Gasteiger partial charge in [-0.1, -0.05) is 26.8 Å². The van der Waals surface area contributed by atoms with Crippen LogP contribution in [0.4, 0.5) is 17.2 Å². The number of hydrogen-bond donors (Lipinski definition) is 1. The Labute approximate surface area is 196 Å². The molecule has 0 spiro atoms. The number of methoxy groups -OCH3 is 1. The van der Waals surface area contributed by atoms with E-state index in [1.165, 1.54) is 7.11 Å². The van der Waals surface area contributed by atoms with Crippen LogP contribution in [-0.4, -0.2) is 43.9 Å². The van der Waals surface area contributed by atoms with Gasteiger partial charge < -0.3 is 19.7 Å². The second-order valence-corrected chi connectivity index (χ2v) is 9.02. The summed E-state index contributed by atoms with van der Waals surface area (Å²) in [5, 5.41) is 12.6. The fraction of sp³-hybridized carbons (Fsp3) is 0.500. The van der Waals surface area contributed by atoms with Crippen molar-refractivity contribution in [2.45, 2.75) is 52.0 Å². The van der Waals surface area contributed by atoms with Gasteiger partial charge in [0.2, 0.25) is 0 Å². The van der Waals surface area contributed by atoms with Gasteiger partial charge in [0.1, 0.15) is 11.9 Å². The average molecular weight is 451 g/mol. The van der Waals surface area contributed by atoms with E-state index in [1.54, 1.807) is 12.3 Å². The zero-order valence-electron chi connectivity index (χ0n) is 20.0. The number of nitriles is 1. The summed E-state index contributed by atoms with van der Waals surface area (Å²) < 4.78 is 10.5. The maximum Gasteiger partial charge on any atom is 0.306 e.